The van der Waals surface area contributed by atoms with Crippen molar-refractivity contribution in [2.45, 2.75) is 52.6 Å². The van der Waals surface area contributed by atoms with E-state index in [1.54, 1.807) is 6.20 Å². The lowest BCUT2D eigenvalue weighted by Crippen LogP contribution is -2.44. The highest BCUT2D eigenvalue weighted by Crippen LogP contribution is 2.36. The number of nitrogens with one attached hydrogen (secondary N) is 2. The van der Waals surface area contributed by atoms with Gasteiger partial charge in [-0.15, -0.1) is 0 Å². The van der Waals surface area contributed by atoms with Gasteiger partial charge in [-0.1, -0.05) is 20.8 Å². The summed E-state index contributed by atoms with van der Waals surface area (Å²) >= 11 is 0. The maximum Gasteiger partial charge on any atom is 0.227 e. The number of benzene rings is 1. The van der Waals surface area contributed by atoms with Crippen LogP contribution in [0.2, 0.25) is 0 Å². The molecule has 2 aromatic heterocycles. The summed E-state index contributed by atoms with van der Waals surface area (Å²) in [5.74, 6) is 1.47. The maximum absolute atomic E-state index is 4.73. The third kappa shape index (κ3) is 5.40. The molecule has 2 aliphatic heterocycles. The number of hydrogen-bond donors (Lipinski definition) is 2. The van der Waals surface area contributed by atoms with E-state index in [2.05, 4.69) is 89.4 Å². The molecule has 2 atom stereocenters. The summed E-state index contributed by atoms with van der Waals surface area (Å²) in [6.45, 7) is 12.1. The lowest BCUT2D eigenvalue weighted by molar-refractivity contribution is 0.292. The molecule has 2 bridgehead atoms. The van der Waals surface area contributed by atoms with Gasteiger partial charge in [-0.2, -0.15) is 0 Å². The molecular weight excluding hydrogens is 434 g/mol. The molecule has 7 heteroatoms. The van der Waals surface area contributed by atoms with Crippen LogP contribution < -0.4 is 15.5 Å². The predicted octanol–water partition coefficient (Wildman–Crippen LogP) is 5.33. The zero-order valence-corrected chi connectivity index (χ0v) is 21.5. The highest BCUT2D eigenvalue weighted by atomic mass is 15.3. The molecule has 0 aliphatic carbocycles. The minimum absolute atomic E-state index is 0.307. The number of aryl methyl sites for hydroxylation is 1. The number of anilines is 4. The van der Waals surface area contributed by atoms with Crippen LogP contribution >= 0.6 is 0 Å². The molecule has 0 spiro atoms. The quantitative estimate of drug-likeness (QED) is 0.483. The Hall–Kier alpha value is -3.19. The highest BCUT2D eigenvalue weighted by Gasteiger charge is 2.41. The van der Waals surface area contributed by atoms with Crippen LogP contribution in [0.5, 0.6) is 0 Å². The van der Waals surface area contributed by atoms with Gasteiger partial charge in [-0.3, -0.25) is 4.90 Å². The minimum atomic E-state index is 0.307. The largest absolute Gasteiger partial charge is 0.370 e. The highest BCUT2D eigenvalue weighted by molar-refractivity contribution is 5.66. The van der Waals surface area contributed by atoms with Gasteiger partial charge in [-0.25, -0.2) is 15.0 Å². The van der Waals surface area contributed by atoms with E-state index in [9.17, 15) is 0 Å². The Kier molecular flexibility index (Phi) is 6.36. The summed E-state index contributed by atoms with van der Waals surface area (Å²) in [4.78, 5) is 18.8. The van der Waals surface area contributed by atoms with Gasteiger partial charge in [-0.05, 0) is 74.2 Å². The molecule has 3 aromatic rings. The first-order chi connectivity index (χ1) is 16.7. The Morgan fingerprint density at radius 2 is 1.89 bits per heavy atom. The minimum Gasteiger partial charge on any atom is -0.370 e. The Bertz CT molecular complexity index is 1170. The number of likely N-dealkylation sites (tertiary alicyclic amines) is 1. The van der Waals surface area contributed by atoms with Gasteiger partial charge in [0, 0.05) is 61.0 Å². The number of hydrogen-bond acceptors (Lipinski definition) is 7. The van der Waals surface area contributed by atoms with E-state index in [1.165, 1.54) is 17.7 Å². The summed E-state index contributed by atoms with van der Waals surface area (Å²) < 4.78 is 0. The average molecular weight is 472 g/mol. The second-order valence-corrected chi connectivity index (χ2v) is 11.2. The van der Waals surface area contributed by atoms with Gasteiger partial charge in [0.1, 0.15) is 5.82 Å². The number of aromatic nitrogens is 3. The SMILES string of the molecule is Cc1cc(Nc2nccc(-c3ccc(NCCC(C)(C)C)nc3)n2)ccc1N1C[C@@H]2C[C@H]1CN2C. The number of fused-ring (bicyclic) bond motifs is 2. The first-order valence-electron chi connectivity index (χ1n) is 12.6. The fourth-order valence-corrected chi connectivity index (χ4v) is 5.14. The van der Waals surface area contributed by atoms with Gasteiger partial charge in [0.2, 0.25) is 5.95 Å². The fourth-order valence-electron chi connectivity index (χ4n) is 5.14. The average Bonchev–Trinajstić information content (AvgIpc) is 3.39. The molecule has 2 aliphatic rings. The van der Waals surface area contributed by atoms with Crippen LogP contribution in [0.1, 0.15) is 39.2 Å². The molecule has 5 rings (SSSR count). The Morgan fingerprint density at radius 1 is 1.03 bits per heavy atom. The molecule has 0 unspecified atom stereocenters. The number of rotatable bonds is 7. The predicted molar refractivity (Wildman–Crippen MR) is 144 cm³/mol. The topological polar surface area (TPSA) is 69.2 Å². The van der Waals surface area contributed by atoms with Crippen molar-refractivity contribution in [1.82, 2.24) is 19.9 Å². The first kappa shape index (κ1) is 23.5. The van der Waals surface area contributed by atoms with E-state index < -0.39 is 0 Å². The molecule has 35 heavy (non-hydrogen) atoms. The monoisotopic (exact) mass is 471 g/mol. The summed E-state index contributed by atoms with van der Waals surface area (Å²) in [6, 6.07) is 13.9. The lowest BCUT2D eigenvalue weighted by atomic mass is 9.92. The zero-order valence-electron chi connectivity index (χ0n) is 21.5. The van der Waals surface area contributed by atoms with E-state index in [-0.39, 0.29) is 0 Å². The number of piperazine rings is 1. The molecule has 2 saturated heterocycles. The van der Waals surface area contributed by atoms with Gasteiger partial charge < -0.3 is 15.5 Å². The van der Waals surface area contributed by atoms with E-state index in [0.29, 0.717) is 23.4 Å². The van der Waals surface area contributed by atoms with Gasteiger partial charge in [0.25, 0.3) is 0 Å². The first-order valence-corrected chi connectivity index (χ1v) is 12.6. The second kappa shape index (κ2) is 9.46. The van der Waals surface area contributed by atoms with Crippen LogP contribution in [-0.4, -0.2) is 58.6 Å². The van der Waals surface area contributed by atoms with Crippen LogP contribution in [0.25, 0.3) is 11.3 Å². The molecule has 2 fully saturated rings. The Balaban J connectivity index is 1.24. The van der Waals surface area contributed by atoms with Crippen molar-refractivity contribution in [2.75, 3.05) is 42.2 Å². The van der Waals surface area contributed by atoms with Gasteiger partial charge >= 0.3 is 0 Å². The summed E-state index contributed by atoms with van der Waals surface area (Å²) in [5, 5.41) is 6.79. The summed E-state index contributed by atoms with van der Waals surface area (Å²) in [7, 11) is 2.24. The smallest absolute Gasteiger partial charge is 0.227 e. The van der Waals surface area contributed by atoms with Crippen molar-refractivity contribution >= 4 is 23.1 Å². The van der Waals surface area contributed by atoms with Crippen molar-refractivity contribution in [2.24, 2.45) is 5.41 Å². The molecule has 7 nitrogen and oxygen atoms in total. The van der Waals surface area contributed by atoms with E-state index in [4.69, 9.17) is 4.98 Å². The van der Waals surface area contributed by atoms with E-state index in [1.807, 2.05) is 18.3 Å². The summed E-state index contributed by atoms with van der Waals surface area (Å²) in [5.41, 5.74) is 5.75. The number of pyridine rings is 1. The molecular formula is C28H37N7. The maximum atomic E-state index is 4.73. The standard InChI is InChI=1S/C28H37N7/c1-19-14-21(7-8-25(19)35-18-22-15-23(35)17-34(22)5)32-27-30-12-10-24(33-27)20-6-9-26(31-16-20)29-13-11-28(2,3)4/h6-10,12,14,16,22-23H,11,13,15,17-18H2,1-5H3,(H,29,31)(H,30,32,33)/t22-,23-/m0/s1. The van der Waals surface area contributed by atoms with Crippen LogP contribution in [0.4, 0.5) is 23.1 Å². The molecule has 184 valence electrons. The number of nitrogens with zero attached hydrogens (tertiary/aromatic N) is 5. The normalized spacial score (nSPS) is 19.9. The van der Waals surface area contributed by atoms with Crippen LogP contribution in [0.15, 0.2) is 48.8 Å². The van der Waals surface area contributed by atoms with Gasteiger partial charge in [0.05, 0.1) is 5.69 Å². The molecule has 2 N–H and O–H groups in total. The fraction of sp³-hybridized carbons (Fsp3) is 0.464. The van der Waals surface area contributed by atoms with Crippen molar-refractivity contribution in [3.8, 4) is 11.3 Å². The third-order valence-electron chi connectivity index (χ3n) is 7.17. The molecule has 0 radical (unpaired) electrons. The van der Waals surface area contributed by atoms with Crippen molar-refractivity contribution in [3.63, 3.8) is 0 Å². The van der Waals surface area contributed by atoms with Crippen LogP contribution in [0.3, 0.4) is 0 Å². The molecule has 1 aromatic carbocycles. The van der Waals surface area contributed by atoms with Crippen molar-refractivity contribution in [1.29, 1.82) is 0 Å². The van der Waals surface area contributed by atoms with Crippen molar-refractivity contribution in [3.05, 3.63) is 54.4 Å². The Labute approximate surface area is 209 Å². The molecule has 0 saturated carbocycles. The van der Waals surface area contributed by atoms with E-state index >= 15 is 0 Å². The Morgan fingerprint density at radius 3 is 2.54 bits per heavy atom. The second-order valence-electron chi connectivity index (χ2n) is 11.2. The third-order valence-corrected chi connectivity index (χ3v) is 7.17. The lowest BCUT2D eigenvalue weighted by Gasteiger charge is -2.34. The van der Waals surface area contributed by atoms with Crippen LogP contribution in [-0.2, 0) is 0 Å². The molecule has 0 amide bonds. The van der Waals surface area contributed by atoms with Gasteiger partial charge in [0.15, 0.2) is 0 Å². The van der Waals surface area contributed by atoms with E-state index in [0.717, 1.165) is 48.8 Å². The van der Waals surface area contributed by atoms with Crippen molar-refractivity contribution < 1.29 is 0 Å². The summed E-state index contributed by atoms with van der Waals surface area (Å²) in [6.07, 6.45) is 6.03. The number of likely N-dealkylation sites (N-methyl/N-ethyl adjacent to an activating group) is 1. The van der Waals surface area contributed by atoms with Crippen LogP contribution in [0, 0.1) is 12.3 Å². The molecule has 4 heterocycles. The zero-order chi connectivity index (χ0) is 24.6.